The van der Waals surface area contributed by atoms with E-state index in [4.69, 9.17) is 28.9 Å². The molecule has 22 heavy (non-hydrogen) atoms. The number of nitrogen functional groups attached to an aromatic ring is 1. The van der Waals surface area contributed by atoms with Gasteiger partial charge < -0.3 is 5.73 Å². The van der Waals surface area contributed by atoms with Gasteiger partial charge in [0, 0.05) is 5.56 Å². The topological polar surface area (TPSA) is 97.1 Å². The number of pyridine rings is 1. The molecule has 0 saturated heterocycles. The maximum absolute atomic E-state index is 13.6. The van der Waals surface area contributed by atoms with Crippen molar-refractivity contribution in [3.63, 3.8) is 0 Å². The Labute approximate surface area is 134 Å². The molecule has 0 aliphatic heterocycles. The van der Waals surface area contributed by atoms with Crippen molar-refractivity contribution >= 4 is 40.8 Å². The van der Waals surface area contributed by atoms with Gasteiger partial charge in [0.05, 0.1) is 10.6 Å². The number of halogens is 3. The fraction of sp³-hybridized carbons (Fsp3) is 0. The Morgan fingerprint density at radius 2 is 1.82 bits per heavy atom. The van der Waals surface area contributed by atoms with E-state index in [0.29, 0.717) is 0 Å². The average Bonchev–Trinajstić information content (AvgIpc) is 2.43. The summed E-state index contributed by atoms with van der Waals surface area (Å²) in [5.41, 5.74) is 9.31. The van der Waals surface area contributed by atoms with Crippen LogP contribution in [0, 0.1) is 5.82 Å². The number of aromatic nitrogens is 1. The van der Waals surface area contributed by atoms with Crippen LogP contribution in [0.1, 0.15) is 20.7 Å². The normalized spacial score (nSPS) is 10.1. The lowest BCUT2D eigenvalue weighted by Crippen LogP contribution is -2.42. The van der Waals surface area contributed by atoms with Gasteiger partial charge in [0.2, 0.25) is 0 Å². The number of carbonyl (C=O) groups is 2. The van der Waals surface area contributed by atoms with Gasteiger partial charge in [-0.3, -0.25) is 20.4 Å². The van der Waals surface area contributed by atoms with Gasteiger partial charge in [-0.1, -0.05) is 29.3 Å². The summed E-state index contributed by atoms with van der Waals surface area (Å²) in [4.78, 5) is 27.4. The number of hydrogen-bond donors (Lipinski definition) is 3. The number of hydrogen-bond acceptors (Lipinski definition) is 4. The maximum Gasteiger partial charge on any atom is 0.274 e. The molecule has 0 saturated carbocycles. The molecule has 6 nitrogen and oxygen atoms in total. The summed E-state index contributed by atoms with van der Waals surface area (Å²) in [6.07, 6.45) is 0. The Hall–Kier alpha value is -2.38. The zero-order valence-electron chi connectivity index (χ0n) is 10.9. The fourth-order valence-corrected chi connectivity index (χ4v) is 2.08. The SMILES string of the molecule is Nc1cc(C(=O)NNC(=O)c2c(F)cccc2Cl)cc(Cl)n1. The van der Waals surface area contributed by atoms with E-state index in [9.17, 15) is 14.0 Å². The molecule has 0 aliphatic rings. The summed E-state index contributed by atoms with van der Waals surface area (Å²) in [6.45, 7) is 0. The zero-order valence-corrected chi connectivity index (χ0v) is 12.4. The lowest BCUT2D eigenvalue weighted by molar-refractivity contribution is 0.0844. The molecule has 0 fully saturated rings. The molecule has 1 aromatic carbocycles. The zero-order chi connectivity index (χ0) is 16.3. The molecule has 1 heterocycles. The molecular weight excluding hydrogens is 334 g/mol. The monoisotopic (exact) mass is 342 g/mol. The first-order valence-corrected chi connectivity index (χ1v) is 6.62. The Morgan fingerprint density at radius 3 is 2.45 bits per heavy atom. The molecule has 0 radical (unpaired) electrons. The largest absolute Gasteiger partial charge is 0.384 e. The first kappa shape index (κ1) is 16.0. The quantitative estimate of drug-likeness (QED) is 0.575. The van der Waals surface area contributed by atoms with E-state index in [-0.39, 0.29) is 27.1 Å². The summed E-state index contributed by atoms with van der Waals surface area (Å²) in [7, 11) is 0. The van der Waals surface area contributed by atoms with E-state index in [1.165, 1.54) is 24.3 Å². The van der Waals surface area contributed by atoms with Crippen LogP contribution in [0.5, 0.6) is 0 Å². The van der Waals surface area contributed by atoms with Gasteiger partial charge in [0.1, 0.15) is 16.8 Å². The number of nitrogens with one attached hydrogen (secondary N) is 2. The van der Waals surface area contributed by atoms with Crippen molar-refractivity contribution in [1.82, 2.24) is 15.8 Å². The highest BCUT2D eigenvalue weighted by Gasteiger charge is 2.17. The van der Waals surface area contributed by atoms with E-state index in [2.05, 4.69) is 15.8 Å². The van der Waals surface area contributed by atoms with Crippen LogP contribution < -0.4 is 16.6 Å². The molecule has 2 rings (SSSR count). The molecule has 114 valence electrons. The van der Waals surface area contributed by atoms with Crippen LogP contribution in [0.15, 0.2) is 30.3 Å². The third-order valence-corrected chi connectivity index (χ3v) is 3.06. The standard InChI is InChI=1S/C13H9Cl2FN4O2/c14-7-2-1-3-8(16)11(7)13(22)20-19-12(21)6-4-9(15)18-10(17)5-6/h1-5H,(H2,17,18)(H,19,21)(H,20,22). The first-order valence-electron chi connectivity index (χ1n) is 5.86. The smallest absolute Gasteiger partial charge is 0.274 e. The second-order valence-corrected chi connectivity index (χ2v) is 4.90. The average molecular weight is 343 g/mol. The number of rotatable bonds is 2. The van der Waals surface area contributed by atoms with Crippen molar-refractivity contribution in [2.45, 2.75) is 0 Å². The molecule has 2 aromatic rings. The molecule has 9 heteroatoms. The van der Waals surface area contributed by atoms with Gasteiger partial charge in [-0.25, -0.2) is 9.37 Å². The van der Waals surface area contributed by atoms with Crippen molar-refractivity contribution in [3.8, 4) is 0 Å². The van der Waals surface area contributed by atoms with Crippen LogP contribution in [0.2, 0.25) is 10.2 Å². The molecule has 0 atom stereocenters. The van der Waals surface area contributed by atoms with E-state index in [1.807, 2.05) is 0 Å². The lowest BCUT2D eigenvalue weighted by atomic mass is 10.2. The van der Waals surface area contributed by atoms with Crippen molar-refractivity contribution in [3.05, 3.63) is 57.5 Å². The molecule has 0 spiro atoms. The summed E-state index contributed by atoms with van der Waals surface area (Å²) in [5.74, 6) is -2.36. The highest BCUT2D eigenvalue weighted by atomic mass is 35.5. The number of anilines is 1. The van der Waals surface area contributed by atoms with Crippen molar-refractivity contribution in [2.24, 2.45) is 0 Å². The summed E-state index contributed by atoms with van der Waals surface area (Å²) < 4.78 is 13.6. The van der Waals surface area contributed by atoms with Crippen molar-refractivity contribution in [1.29, 1.82) is 0 Å². The Morgan fingerprint density at radius 1 is 1.14 bits per heavy atom. The minimum Gasteiger partial charge on any atom is -0.384 e. The fourth-order valence-electron chi connectivity index (χ4n) is 1.61. The maximum atomic E-state index is 13.6. The summed E-state index contributed by atoms with van der Waals surface area (Å²) in [5, 5.41) is -0.0587. The highest BCUT2D eigenvalue weighted by molar-refractivity contribution is 6.33. The van der Waals surface area contributed by atoms with Crippen LogP contribution in [0.25, 0.3) is 0 Å². The second kappa shape index (κ2) is 6.59. The van der Waals surface area contributed by atoms with Gasteiger partial charge in [-0.15, -0.1) is 0 Å². The predicted molar refractivity (Wildman–Crippen MR) is 80.0 cm³/mol. The van der Waals surface area contributed by atoms with Crippen LogP contribution >= 0.6 is 23.2 Å². The number of amides is 2. The van der Waals surface area contributed by atoms with Crippen LogP contribution in [-0.2, 0) is 0 Å². The van der Waals surface area contributed by atoms with Crippen molar-refractivity contribution < 1.29 is 14.0 Å². The lowest BCUT2D eigenvalue weighted by Gasteiger charge is -2.09. The molecule has 0 unspecified atom stereocenters. The third kappa shape index (κ3) is 3.63. The van der Waals surface area contributed by atoms with Crippen LogP contribution in [0.4, 0.5) is 10.2 Å². The minimum atomic E-state index is -0.899. The number of nitrogens with zero attached hydrogens (tertiary/aromatic N) is 1. The van der Waals surface area contributed by atoms with Gasteiger partial charge in [0.15, 0.2) is 0 Å². The van der Waals surface area contributed by atoms with E-state index in [0.717, 1.165) is 6.07 Å². The summed E-state index contributed by atoms with van der Waals surface area (Å²) >= 11 is 11.4. The van der Waals surface area contributed by atoms with Crippen LogP contribution in [-0.4, -0.2) is 16.8 Å². The molecule has 1 aromatic heterocycles. The molecule has 0 bridgehead atoms. The Bertz CT molecular complexity index is 714. The number of hydrazine groups is 1. The van der Waals surface area contributed by atoms with E-state index < -0.39 is 17.6 Å². The molecule has 4 N–H and O–H groups in total. The van der Waals surface area contributed by atoms with Gasteiger partial charge in [-0.2, -0.15) is 0 Å². The van der Waals surface area contributed by atoms with Crippen LogP contribution in [0.3, 0.4) is 0 Å². The van der Waals surface area contributed by atoms with Crippen molar-refractivity contribution in [2.75, 3.05) is 5.73 Å². The number of carbonyl (C=O) groups excluding carboxylic acids is 2. The Balaban J connectivity index is 2.09. The third-order valence-electron chi connectivity index (χ3n) is 2.56. The molecular formula is C13H9Cl2FN4O2. The van der Waals surface area contributed by atoms with Gasteiger partial charge in [-0.05, 0) is 24.3 Å². The van der Waals surface area contributed by atoms with E-state index in [1.54, 1.807) is 0 Å². The summed E-state index contributed by atoms with van der Waals surface area (Å²) in [6, 6.07) is 6.31. The minimum absolute atomic E-state index is 0.0219. The number of nitrogens with two attached hydrogens (primary N) is 1. The predicted octanol–water partition coefficient (Wildman–Crippen LogP) is 2.18. The molecule has 0 aliphatic carbocycles. The number of benzene rings is 1. The first-order chi connectivity index (χ1) is 10.4. The molecule has 2 amide bonds. The second-order valence-electron chi connectivity index (χ2n) is 4.11. The van der Waals surface area contributed by atoms with Gasteiger partial charge >= 0.3 is 0 Å². The van der Waals surface area contributed by atoms with Gasteiger partial charge in [0.25, 0.3) is 11.8 Å². The highest BCUT2D eigenvalue weighted by Crippen LogP contribution is 2.18. The Kier molecular flexibility index (Phi) is 4.79. The van der Waals surface area contributed by atoms with E-state index >= 15 is 0 Å².